The molecule has 130 valence electrons. The number of para-hydroxylation sites is 1. The van der Waals surface area contributed by atoms with Gasteiger partial charge in [0.05, 0.1) is 11.1 Å². The van der Waals surface area contributed by atoms with Crippen molar-refractivity contribution >= 4 is 29.2 Å². The SMILES string of the molecule is N#C/C(=C/NC(=O)c1ccccc1N)C(=O)Nc1ccc(C(=O)O)cc1. The van der Waals surface area contributed by atoms with Gasteiger partial charge in [-0.2, -0.15) is 5.26 Å². The number of nitrogens with zero attached hydrogens (tertiary/aromatic N) is 1. The number of rotatable bonds is 5. The Bertz CT molecular complexity index is 927. The van der Waals surface area contributed by atoms with E-state index in [1.807, 2.05) is 0 Å². The van der Waals surface area contributed by atoms with Gasteiger partial charge in [-0.1, -0.05) is 12.1 Å². The highest BCUT2D eigenvalue weighted by molar-refractivity contribution is 6.07. The lowest BCUT2D eigenvalue weighted by Gasteiger charge is -2.06. The van der Waals surface area contributed by atoms with Crippen molar-refractivity contribution in [3.05, 3.63) is 71.4 Å². The Morgan fingerprint density at radius 1 is 1.08 bits per heavy atom. The molecule has 0 spiro atoms. The lowest BCUT2D eigenvalue weighted by atomic mass is 10.1. The molecule has 0 aliphatic carbocycles. The molecule has 0 saturated heterocycles. The Morgan fingerprint density at radius 2 is 1.73 bits per heavy atom. The maximum atomic E-state index is 12.1. The van der Waals surface area contributed by atoms with Crippen LogP contribution < -0.4 is 16.4 Å². The van der Waals surface area contributed by atoms with E-state index in [0.717, 1.165) is 6.20 Å². The summed E-state index contributed by atoms with van der Waals surface area (Å²) in [7, 11) is 0. The zero-order valence-corrected chi connectivity index (χ0v) is 13.4. The molecule has 0 atom stereocenters. The largest absolute Gasteiger partial charge is 0.478 e. The number of carboxylic acid groups (broad SMARTS) is 1. The molecule has 8 nitrogen and oxygen atoms in total. The zero-order chi connectivity index (χ0) is 19.1. The molecule has 8 heteroatoms. The summed E-state index contributed by atoms with van der Waals surface area (Å²) in [5, 5.41) is 22.7. The van der Waals surface area contributed by atoms with Gasteiger partial charge in [0.25, 0.3) is 11.8 Å². The standard InChI is InChI=1S/C18H14N4O4/c19-9-12(10-21-17(24)14-3-1-2-4-15(14)20)16(23)22-13-7-5-11(6-8-13)18(25)26/h1-8,10H,20H2,(H,21,24)(H,22,23)(H,25,26)/b12-10-. The minimum absolute atomic E-state index is 0.0618. The quantitative estimate of drug-likeness (QED) is 0.367. The van der Waals surface area contributed by atoms with E-state index in [-0.39, 0.29) is 22.4 Å². The zero-order valence-electron chi connectivity index (χ0n) is 13.4. The van der Waals surface area contributed by atoms with Gasteiger partial charge < -0.3 is 21.5 Å². The molecule has 2 aromatic rings. The number of benzene rings is 2. The van der Waals surface area contributed by atoms with Crippen molar-refractivity contribution in [2.45, 2.75) is 0 Å². The maximum Gasteiger partial charge on any atom is 0.335 e. The third-order valence-electron chi connectivity index (χ3n) is 3.31. The van der Waals surface area contributed by atoms with Crippen LogP contribution in [0.3, 0.4) is 0 Å². The molecule has 0 radical (unpaired) electrons. The summed E-state index contributed by atoms with van der Waals surface area (Å²) in [6.45, 7) is 0. The summed E-state index contributed by atoms with van der Waals surface area (Å²) in [5.74, 6) is -2.41. The fourth-order valence-corrected chi connectivity index (χ4v) is 1.96. The van der Waals surface area contributed by atoms with Crippen LogP contribution in [0.2, 0.25) is 0 Å². The molecule has 2 aromatic carbocycles. The van der Waals surface area contributed by atoms with Crippen molar-refractivity contribution in [2.24, 2.45) is 0 Å². The first-order valence-electron chi connectivity index (χ1n) is 7.32. The minimum atomic E-state index is -1.09. The lowest BCUT2D eigenvalue weighted by Crippen LogP contribution is -2.22. The van der Waals surface area contributed by atoms with Crippen LogP contribution in [0.1, 0.15) is 20.7 Å². The van der Waals surface area contributed by atoms with Gasteiger partial charge in [0, 0.05) is 17.6 Å². The predicted octanol–water partition coefficient (Wildman–Crippen LogP) is 1.74. The second-order valence-corrected chi connectivity index (χ2v) is 5.07. The summed E-state index contributed by atoms with van der Waals surface area (Å²) in [6, 6.07) is 13.5. The summed E-state index contributed by atoms with van der Waals surface area (Å²) in [5.41, 5.74) is 6.19. The number of anilines is 2. The molecule has 2 rings (SSSR count). The van der Waals surface area contributed by atoms with Crippen LogP contribution in [-0.4, -0.2) is 22.9 Å². The van der Waals surface area contributed by atoms with Gasteiger partial charge in [0.2, 0.25) is 0 Å². The van der Waals surface area contributed by atoms with Crippen LogP contribution in [-0.2, 0) is 4.79 Å². The van der Waals surface area contributed by atoms with Gasteiger partial charge in [-0.15, -0.1) is 0 Å². The average molecular weight is 350 g/mol. The van der Waals surface area contributed by atoms with Crippen LogP contribution in [0.25, 0.3) is 0 Å². The maximum absolute atomic E-state index is 12.1. The van der Waals surface area contributed by atoms with Crippen molar-refractivity contribution in [3.63, 3.8) is 0 Å². The third-order valence-corrected chi connectivity index (χ3v) is 3.31. The number of carboxylic acids is 1. The number of carbonyl (C=O) groups excluding carboxylic acids is 2. The molecule has 26 heavy (non-hydrogen) atoms. The first kappa shape index (κ1) is 18.2. The molecule has 0 aliphatic heterocycles. The van der Waals surface area contributed by atoms with E-state index < -0.39 is 17.8 Å². The Hall–Kier alpha value is -4.12. The van der Waals surface area contributed by atoms with Gasteiger partial charge in [0.15, 0.2) is 0 Å². The first-order valence-corrected chi connectivity index (χ1v) is 7.32. The van der Waals surface area contributed by atoms with Gasteiger partial charge in [-0.3, -0.25) is 9.59 Å². The second kappa shape index (κ2) is 8.12. The molecule has 0 bridgehead atoms. The van der Waals surface area contributed by atoms with Gasteiger partial charge in [0.1, 0.15) is 11.6 Å². The number of carbonyl (C=O) groups is 3. The molecule has 0 aromatic heterocycles. The molecular weight excluding hydrogens is 336 g/mol. The van der Waals surface area contributed by atoms with Crippen molar-refractivity contribution in [1.29, 1.82) is 5.26 Å². The fraction of sp³-hybridized carbons (Fsp3) is 0. The number of nitrogens with one attached hydrogen (secondary N) is 2. The smallest absolute Gasteiger partial charge is 0.335 e. The molecular formula is C18H14N4O4. The molecule has 0 aliphatic rings. The molecule has 2 amide bonds. The van der Waals surface area contributed by atoms with Crippen molar-refractivity contribution in [3.8, 4) is 6.07 Å². The van der Waals surface area contributed by atoms with Crippen LogP contribution >= 0.6 is 0 Å². The topological polar surface area (TPSA) is 145 Å². The molecule has 0 unspecified atom stereocenters. The minimum Gasteiger partial charge on any atom is -0.478 e. The van der Waals surface area contributed by atoms with E-state index >= 15 is 0 Å². The molecule has 5 N–H and O–H groups in total. The normalized spacial score (nSPS) is 10.5. The molecule has 0 heterocycles. The highest BCUT2D eigenvalue weighted by atomic mass is 16.4. The molecule has 0 fully saturated rings. The second-order valence-electron chi connectivity index (χ2n) is 5.07. The highest BCUT2D eigenvalue weighted by Crippen LogP contribution is 2.12. The van der Waals surface area contributed by atoms with Crippen LogP contribution in [0.5, 0.6) is 0 Å². The van der Waals surface area contributed by atoms with E-state index in [2.05, 4.69) is 10.6 Å². The van der Waals surface area contributed by atoms with Crippen LogP contribution in [0.4, 0.5) is 11.4 Å². The van der Waals surface area contributed by atoms with Gasteiger partial charge >= 0.3 is 5.97 Å². The van der Waals surface area contributed by atoms with E-state index in [4.69, 9.17) is 16.1 Å². The van der Waals surface area contributed by atoms with E-state index in [1.165, 1.54) is 30.3 Å². The number of nitriles is 1. The Kier molecular flexibility index (Phi) is 5.69. The summed E-state index contributed by atoms with van der Waals surface area (Å²) < 4.78 is 0. The average Bonchev–Trinajstić information content (AvgIpc) is 2.62. The van der Waals surface area contributed by atoms with Gasteiger partial charge in [-0.05, 0) is 36.4 Å². The van der Waals surface area contributed by atoms with Gasteiger partial charge in [-0.25, -0.2) is 4.79 Å². The Balaban J connectivity index is 2.07. The number of hydrogen-bond acceptors (Lipinski definition) is 5. The molecule has 0 saturated carbocycles. The number of aromatic carboxylic acids is 1. The number of nitrogens with two attached hydrogens (primary N) is 1. The summed E-state index contributed by atoms with van der Waals surface area (Å²) in [4.78, 5) is 34.9. The third kappa shape index (κ3) is 4.46. The number of amides is 2. The summed E-state index contributed by atoms with van der Waals surface area (Å²) in [6.07, 6.45) is 0.982. The monoisotopic (exact) mass is 350 g/mol. The van der Waals surface area contributed by atoms with Crippen molar-refractivity contribution in [1.82, 2.24) is 5.32 Å². The van der Waals surface area contributed by atoms with E-state index in [1.54, 1.807) is 24.3 Å². The predicted molar refractivity (Wildman–Crippen MR) is 94.0 cm³/mol. The summed E-state index contributed by atoms with van der Waals surface area (Å²) >= 11 is 0. The fourth-order valence-electron chi connectivity index (χ4n) is 1.96. The first-order chi connectivity index (χ1) is 12.4. The number of nitrogen functional groups attached to an aromatic ring is 1. The van der Waals surface area contributed by atoms with Crippen molar-refractivity contribution in [2.75, 3.05) is 11.1 Å². The Morgan fingerprint density at radius 3 is 2.31 bits per heavy atom. The van der Waals surface area contributed by atoms with Crippen molar-refractivity contribution < 1.29 is 19.5 Å². The van der Waals surface area contributed by atoms with Crippen LogP contribution in [0, 0.1) is 11.3 Å². The van der Waals surface area contributed by atoms with Crippen LogP contribution in [0.15, 0.2) is 60.3 Å². The number of hydrogen-bond donors (Lipinski definition) is 4. The van der Waals surface area contributed by atoms with E-state index in [9.17, 15) is 14.4 Å². The Labute approximate surface area is 148 Å². The lowest BCUT2D eigenvalue weighted by molar-refractivity contribution is -0.112. The van der Waals surface area contributed by atoms with E-state index in [0.29, 0.717) is 5.69 Å². The highest BCUT2D eigenvalue weighted by Gasteiger charge is 2.12.